The van der Waals surface area contributed by atoms with Gasteiger partial charge in [0.1, 0.15) is 0 Å². The maximum atomic E-state index is 9.22. The van der Waals surface area contributed by atoms with Crippen LogP contribution in [0.1, 0.15) is 29.3 Å². The molecule has 2 aromatic rings. The third kappa shape index (κ3) is 2.94. The second kappa shape index (κ2) is 5.53. The van der Waals surface area contributed by atoms with E-state index in [9.17, 15) is 5.11 Å². The summed E-state index contributed by atoms with van der Waals surface area (Å²) >= 11 is 8.02. The Bertz CT molecular complexity index is 551. The van der Waals surface area contributed by atoms with Crippen molar-refractivity contribution in [3.05, 3.63) is 51.2 Å². The Morgan fingerprint density at radius 2 is 2.21 bits per heavy atom. The number of hydrogen-bond acceptors (Lipinski definition) is 3. The molecule has 19 heavy (non-hydrogen) atoms. The second-order valence-corrected chi connectivity index (χ2v) is 6.33. The van der Waals surface area contributed by atoms with Crippen molar-refractivity contribution < 1.29 is 5.11 Å². The van der Waals surface area contributed by atoms with E-state index in [2.05, 4.69) is 22.8 Å². The number of anilines is 1. The van der Waals surface area contributed by atoms with Crippen LogP contribution in [0.5, 0.6) is 0 Å². The number of aliphatic hydroxyl groups is 1. The molecule has 1 fully saturated rings. The van der Waals surface area contributed by atoms with E-state index in [1.807, 2.05) is 18.2 Å². The lowest BCUT2D eigenvalue weighted by Gasteiger charge is -2.19. The van der Waals surface area contributed by atoms with Crippen LogP contribution in [0.2, 0.25) is 5.02 Å². The molecule has 0 radical (unpaired) electrons. The molecule has 2 nitrogen and oxygen atoms in total. The van der Waals surface area contributed by atoms with Gasteiger partial charge in [-0.25, -0.2) is 0 Å². The molecule has 1 unspecified atom stereocenters. The standard InChI is InChI=1S/C15H16ClNOS/c16-12-6-3-10(9-18)8-13(12)17-15(11-4-5-11)14-2-1-7-19-14/h1-3,6-8,11,15,17-18H,4-5,9H2. The SMILES string of the molecule is OCc1ccc(Cl)c(NC(c2cccs2)C2CC2)c1. The van der Waals surface area contributed by atoms with Gasteiger partial charge < -0.3 is 10.4 Å². The molecule has 0 spiro atoms. The largest absolute Gasteiger partial charge is 0.392 e. The van der Waals surface area contributed by atoms with Crippen LogP contribution in [-0.4, -0.2) is 5.11 Å². The Hall–Kier alpha value is -1.03. The van der Waals surface area contributed by atoms with Crippen LogP contribution in [0.4, 0.5) is 5.69 Å². The van der Waals surface area contributed by atoms with E-state index in [4.69, 9.17) is 11.6 Å². The highest BCUT2D eigenvalue weighted by Crippen LogP contribution is 2.44. The molecule has 3 rings (SSSR count). The first-order valence-electron chi connectivity index (χ1n) is 6.47. The van der Waals surface area contributed by atoms with E-state index in [0.717, 1.165) is 11.3 Å². The lowest BCUT2D eigenvalue weighted by molar-refractivity contribution is 0.282. The Balaban J connectivity index is 1.86. The van der Waals surface area contributed by atoms with Gasteiger partial charge in [0.05, 0.1) is 23.4 Å². The zero-order valence-corrected chi connectivity index (χ0v) is 12.0. The Kier molecular flexibility index (Phi) is 3.78. The molecule has 1 atom stereocenters. The fourth-order valence-electron chi connectivity index (χ4n) is 2.27. The molecule has 1 aliphatic rings. The predicted molar refractivity (Wildman–Crippen MR) is 80.8 cm³/mol. The molecule has 1 heterocycles. The van der Waals surface area contributed by atoms with Crippen molar-refractivity contribution in [3.63, 3.8) is 0 Å². The highest BCUT2D eigenvalue weighted by molar-refractivity contribution is 7.10. The summed E-state index contributed by atoms with van der Waals surface area (Å²) in [6.07, 6.45) is 2.54. The van der Waals surface area contributed by atoms with E-state index in [1.165, 1.54) is 17.7 Å². The molecule has 0 bridgehead atoms. The number of rotatable bonds is 5. The van der Waals surface area contributed by atoms with Crippen molar-refractivity contribution in [3.8, 4) is 0 Å². The predicted octanol–water partition coefficient (Wildman–Crippen LogP) is 4.46. The fraction of sp³-hybridized carbons (Fsp3) is 0.333. The topological polar surface area (TPSA) is 32.3 Å². The molecule has 100 valence electrons. The van der Waals surface area contributed by atoms with Gasteiger partial charge in [-0.2, -0.15) is 0 Å². The van der Waals surface area contributed by atoms with E-state index < -0.39 is 0 Å². The van der Waals surface area contributed by atoms with Gasteiger partial charge in [0, 0.05) is 4.88 Å². The van der Waals surface area contributed by atoms with Crippen LogP contribution in [0.15, 0.2) is 35.7 Å². The van der Waals surface area contributed by atoms with Crippen LogP contribution in [0, 0.1) is 5.92 Å². The van der Waals surface area contributed by atoms with Gasteiger partial charge in [0.15, 0.2) is 0 Å². The van der Waals surface area contributed by atoms with Gasteiger partial charge in [-0.3, -0.25) is 0 Å². The highest BCUT2D eigenvalue weighted by Gasteiger charge is 2.33. The quantitative estimate of drug-likeness (QED) is 0.853. The molecule has 4 heteroatoms. The average Bonchev–Trinajstić information content (AvgIpc) is 3.12. The van der Waals surface area contributed by atoms with E-state index in [0.29, 0.717) is 17.0 Å². The minimum atomic E-state index is 0.0406. The van der Waals surface area contributed by atoms with E-state index in [1.54, 1.807) is 11.3 Å². The second-order valence-electron chi connectivity index (χ2n) is 4.95. The monoisotopic (exact) mass is 293 g/mol. The van der Waals surface area contributed by atoms with Crippen molar-refractivity contribution in [2.24, 2.45) is 5.92 Å². The molecule has 2 N–H and O–H groups in total. The molecular weight excluding hydrogens is 278 g/mol. The molecule has 1 aromatic heterocycles. The van der Waals surface area contributed by atoms with Crippen LogP contribution in [-0.2, 0) is 6.61 Å². The summed E-state index contributed by atoms with van der Waals surface area (Å²) in [6.45, 7) is 0.0406. The van der Waals surface area contributed by atoms with Crippen molar-refractivity contribution in [2.75, 3.05) is 5.32 Å². The Morgan fingerprint density at radius 1 is 1.37 bits per heavy atom. The maximum absolute atomic E-state index is 9.22. The smallest absolute Gasteiger partial charge is 0.0682 e. The molecule has 0 amide bonds. The summed E-state index contributed by atoms with van der Waals surface area (Å²) in [5.41, 5.74) is 1.80. The number of aliphatic hydroxyl groups excluding tert-OH is 1. The van der Waals surface area contributed by atoms with Gasteiger partial charge >= 0.3 is 0 Å². The van der Waals surface area contributed by atoms with Gasteiger partial charge in [-0.05, 0) is 47.9 Å². The number of benzene rings is 1. The van der Waals surface area contributed by atoms with Gasteiger partial charge in [-0.1, -0.05) is 23.7 Å². The number of nitrogens with one attached hydrogen (secondary N) is 1. The first-order valence-corrected chi connectivity index (χ1v) is 7.73. The van der Waals surface area contributed by atoms with Crippen LogP contribution < -0.4 is 5.32 Å². The molecule has 1 aliphatic carbocycles. The zero-order valence-electron chi connectivity index (χ0n) is 10.5. The van der Waals surface area contributed by atoms with Crippen molar-refractivity contribution in [1.82, 2.24) is 0 Å². The number of thiophene rings is 1. The van der Waals surface area contributed by atoms with Gasteiger partial charge in [-0.15, -0.1) is 11.3 Å². The van der Waals surface area contributed by atoms with Crippen molar-refractivity contribution in [2.45, 2.75) is 25.5 Å². The van der Waals surface area contributed by atoms with Crippen molar-refractivity contribution in [1.29, 1.82) is 0 Å². The normalized spacial score (nSPS) is 16.3. The summed E-state index contributed by atoms with van der Waals surface area (Å²) in [5.74, 6) is 0.701. The van der Waals surface area contributed by atoms with Gasteiger partial charge in [0.25, 0.3) is 0 Å². The highest BCUT2D eigenvalue weighted by atomic mass is 35.5. The molecular formula is C15H16ClNOS. The van der Waals surface area contributed by atoms with Crippen LogP contribution in [0.25, 0.3) is 0 Å². The third-order valence-corrected chi connectivity index (χ3v) is 4.75. The third-order valence-electron chi connectivity index (χ3n) is 3.47. The summed E-state index contributed by atoms with van der Waals surface area (Å²) in [7, 11) is 0. The van der Waals surface area contributed by atoms with E-state index >= 15 is 0 Å². The van der Waals surface area contributed by atoms with E-state index in [-0.39, 0.29) is 6.61 Å². The Morgan fingerprint density at radius 3 is 2.84 bits per heavy atom. The van der Waals surface area contributed by atoms with Crippen LogP contribution >= 0.6 is 22.9 Å². The first kappa shape index (κ1) is 13.0. The summed E-state index contributed by atoms with van der Waals surface area (Å²) in [6, 6.07) is 10.2. The van der Waals surface area contributed by atoms with Crippen LogP contribution in [0.3, 0.4) is 0 Å². The molecule has 1 aromatic carbocycles. The van der Waals surface area contributed by atoms with Crippen molar-refractivity contribution >= 4 is 28.6 Å². The lowest BCUT2D eigenvalue weighted by Crippen LogP contribution is -2.12. The summed E-state index contributed by atoms with van der Waals surface area (Å²) < 4.78 is 0. The first-order chi connectivity index (χ1) is 9.28. The number of halogens is 1. The lowest BCUT2D eigenvalue weighted by atomic mass is 10.1. The maximum Gasteiger partial charge on any atom is 0.0682 e. The zero-order chi connectivity index (χ0) is 13.2. The summed E-state index contributed by atoms with van der Waals surface area (Å²) in [5, 5.41) is 15.6. The minimum Gasteiger partial charge on any atom is -0.392 e. The average molecular weight is 294 g/mol. The Labute approximate surface area is 122 Å². The molecule has 1 saturated carbocycles. The molecule has 0 saturated heterocycles. The minimum absolute atomic E-state index is 0.0406. The molecule has 0 aliphatic heterocycles. The fourth-order valence-corrected chi connectivity index (χ4v) is 3.31. The summed E-state index contributed by atoms with van der Waals surface area (Å²) in [4.78, 5) is 1.35. The van der Waals surface area contributed by atoms with Gasteiger partial charge in [0.2, 0.25) is 0 Å². The number of hydrogen-bond donors (Lipinski definition) is 2.